The van der Waals surface area contributed by atoms with E-state index in [1.165, 1.54) is 13.2 Å². The number of nitrogens with one attached hydrogen (secondary N) is 1. The molecule has 0 spiro atoms. The second kappa shape index (κ2) is 4.49. The van der Waals surface area contributed by atoms with Crippen molar-refractivity contribution >= 4 is 15.9 Å². The van der Waals surface area contributed by atoms with Crippen molar-refractivity contribution < 1.29 is 9.13 Å². The first-order valence-electron chi connectivity index (χ1n) is 4.96. The number of ether oxygens (including phenoxy) is 1. The Morgan fingerprint density at radius 2 is 2.33 bits per heavy atom. The van der Waals surface area contributed by atoms with Gasteiger partial charge in [0.05, 0.1) is 7.11 Å². The van der Waals surface area contributed by atoms with Crippen molar-refractivity contribution in [1.82, 2.24) is 5.32 Å². The van der Waals surface area contributed by atoms with Crippen LogP contribution in [-0.4, -0.2) is 20.2 Å². The highest BCUT2D eigenvalue weighted by Crippen LogP contribution is 2.35. The summed E-state index contributed by atoms with van der Waals surface area (Å²) in [4.78, 5) is 0. The smallest absolute Gasteiger partial charge is 0.166 e. The lowest BCUT2D eigenvalue weighted by molar-refractivity contribution is 0.378. The molecule has 1 unspecified atom stereocenters. The SMILES string of the molecule is COc1c(F)cc(Br)cc1C1CCNC1. The fraction of sp³-hybridized carbons (Fsp3) is 0.455. The Balaban J connectivity index is 2.42. The number of hydrogen-bond acceptors (Lipinski definition) is 2. The highest BCUT2D eigenvalue weighted by atomic mass is 79.9. The summed E-state index contributed by atoms with van der Waals surface area (Å²) in [6.45, 7) is 1.88. The van der Waals surface area contributed by atoms with Crippen molar-refractivity contribution in [3.05, 3.63) is 28.0 Å². The third-order valence-electron chi connectivity index (χ3n) is 2.74. The highest BCUT2D eigenvalue weighted by molar-refractivity contribution is 9.10. The number of hydrogen-bond donors (Lipinski definition) is 1. The molecular formula is C11H13BrFNO. The molecule has 2 nitrogen and oxygen atoms in total. The van der Waals surface area contributed by atoms with Gasteiger partial charge in [0.2, 0.25) is 0 Å². The molecule has 0 radical (unpaired) electrons. The minimum atomic E-state index is -0.297. The van der Waals surface area contributed by atoms with Crippen LogP contribution in [0.25, 0.3) is 0 Å². The molecule has 0 aromatic heterocycles. The minimum absolute atomic E-state index is 0.297. The van der Waals surface area contributed by atoms with Crippen molar-refractivity contribution in [2.75, 3.05) is 20.2 Å². The zero-order valence-electron chi connectivity index (χ0n) is 8.52. The number of benzene rings is 1. The zero-order valence-corrected chi connectivity index (χ0v) is 10.1. The van der Waals surface area contributed by atoms with Gasteiger partial charge in [0.1, 0.15) is 0 Å². The predicted molar refractivity (Wildman–Crippen MR) is 60.9 cm³/mol. The van der Waals surface area contributed by atoms with Crippen LogP contribution >= 0.6 is 15.9 Å². The van der Waals surface area contributed by atoms with Crippen LogP contribution in [0.2, 0.25) is 0 Å². The van der Waals surface area contributed by atoms with Crippen LogP contribution in [0.1, 0.15) is 17.9 Å². The molecule has 1 aromatic rings. The van der Waals surface area contributed by atoms with Gasteiger partial charge in [-0.05, 0) is 25.1 Å². The van der Waals surface area contributed by atoms with Gasteiger partial charge in [0.15, 0.2) is 11.6 Å². The molecule has 1 N–H and O–H groups in total. The minimum Gasteiger partial charge on any atom is -0.493 e. The molecule has 4 heteroatoms. The van der Waals surface area contributed by atoms with Gasteiger partial charge in [-0.3, -0.25) is 0 Å². The lowest BCUT2D eigenvalue weighted by Gasteiger charge is -2.14. The first kappa shape index (κ1) is 10.9. The average Bonchev–Trinajstić information content (AvgIpc) is 2.69. The van der Waals surface area contributed by atoms with Gasteiger partial charge in [0, 0.05) is 22.5 Å². The Morgan fingerprint density at radius 1 is 1.53 bits per heavy atom. The van der Waals surface area contributed by atoms with E-state index in [4.69, 9.17) is 4.74 Å². The molecule has 0 saturated carbocycles. The number of methoxy groups -OCH3 is 1. The largest absolute Gasteiger partial charge is 0.493 e. The number of halogens is 2. The summed E-state index contributed by atoms with van der Waals surface area (Å²) in [5.41, 5.74) is 0.953. The third kappa shape index (κ3) is 2.16. The molecule has 0 bridgehead atoms. The lowest BCUT2D eigenvalue weighted by Crippen LogP contribution is -2.09. The van der Waals surface area contributed by atoms with Crippen molar-refractivity contribution in [2.24, 2.45) is 0 Å². The quantitative estimate of drug-likeness (QED) is 0.895. The van der Waals surface area contributed by atoms with Gasteiger partial charge in [0.25, 0.3) is 0 Å². The van der Waals surface area contributed by atoms with Crippen LogP contribution in [-0.2, 0) is 0 Å². The van der Waals surface area contributed by atoms with Gasteiger partial charge in [-0.15, -0.1) is 0 Å². The first-order chi connectivity index (χ1) is 7.22. The van der Waals surface area contributed by atoms with Crippen molar-refractivity contribution in [3.63, 3.8) is 0 Å². The monoisotopic (exact) mass is 273 g/mol. The van der Waals surface area contributed by atoms with Gasteiger partial charge in [-0.1, -0.05) is 15.9 Å². The van der Waals surface area contributed by atoms with Crippen LogP contribution in [0.4, 0.5) is 4.39 Å². The van der Waals surface area contributed by atoms with Gasteiger partial charge in [-0.2, -0.15) is 0 Å². The molecule has 1 aliphatic heterocycles. The maximum absolute atomic E-state index is 13.6. The predicted octanol–water partition coefficient (Wildman–Crippen LogP) is 2.67. The molecule has 1 atom stereocenters. The van der Waals surface area contributed by atoms with Crippen LogP contribution in [0.15, 0.2) is 16.6 Å². The Labute approximate surface area is 96.9 Å². The Morgan fingerprint density at radius 3 is 2.93 bits per heavy atom. The van der Waals surface area contributed by atoms with Crippen molar-refractivity contribution in [1.29, 1.82) is 0 Å². The fourth-order valence-corrected chi connectivity index (χ4v) is 2.47. The average molecular weight is 274 g/mol. The van der Waals surface area contributed by atoms with Gasteiger partial charge >= 0.3 is 0 Å². The molecule has 0 amide bonds. The summed E-state index contributed by atoms with van der Waals surface area (Å²) in [5, 5.41) is 3.27. The van der Waals surface area contributed by atoms with E-state index < -0.39 is 0 Å². The topological polar surface area (TPSA) is 21.3 Å². The highest BCUT2D eigenvalue weighted by Gasteiger charge is 2.22. The maximum Gasteiger partial charge on any atom is 0.166 e. The van der Waals surface area contributed by atoms with Gasteiger partial charge in [-0.25, -0.2) is 4.39 Å². The Hall–Kier alpha value is -0.610. The van der Waals surface area contributed by atoms with Crippen LogP contribution in [0.5, 0.6) is 5.75 Å². The van der Waals surface area contributed by atoms with E-state index >= 15 is 0 Å². The molecule has 1 saturated heterocycles. The fourth-order valence-electron chi connectivity index (χ4n) is 2.02. The summed E-state index contributed by atoms with van der Waals surface area (Å²) in [5.74, 6) is 0.438. The lowest BCUT2D eigenvalue weighted by atomic mass is 9.97. The summed E-state index contributed by atoms with van der Waals surface area (Å²) in [7, 11) is 1.51. The molecule has 1 fully saturated rings. The Bertz CT molecular complexity index is 364. The first-order valence-corrected chi connectivity index (χ1v) is 5.75. The Kier molecular flexibility index (Phi) is 3.26. The van der Waals surface area contributed by atoms with E-state index in [0.29, 0.717) is 11.7 Å². The van der Waals surface area contributed by atoms with Crippen LogP contribution in [0.3, 0.4) is 0 Å². The molecule has 1 heterocycles. The summed E-state index contributed by atoms with van der Waals surface area (Å²) < 4.78 is 19.5. The zero-order chi connectivity index (χ0) is 10.8. The van der Waals surface area contributed by atoms with E-state index in [0.717, 1.165) is 29.5 Å². The molecular weight excluding hydrogens is 261 g/mol. The van der Waals surface area contributed by atoms with Crippen molar-refractivity contribution in [2.45, 2.75) is 12.3 Å². The van der Waals surface area contributed by atoms with Gasteiger partial charge < -0.3 is 10.1 Å². The maximum atomic E-state index is 13.6. The molecule has 0 aliphatic carbocycles. The third-order valence-corrected chi connectivity index (χ3v) is 3.20. The molecule has 2 rings (SSSR count). The second-order valence-corrected chi connectivity index (χ2v) is 4.62. The van der Waals surface area contributed by atoms with Crippen LogP contribution in [0, 0.1) is 5.82 Å². The normalized spacial score (nSPS) is 20.6. The molecule has 82 valence electrons. The van der Waals surface area contributed by atoms with E-state index in [1.807, 2.05) is 6.07 Å². The summed E-state index contributed by atoms with van der Waals surface area (Å²) in [6.07, 6.45) is 1.03. The van der Waals surface area contributed by atoms with E-state index in [-0.39, 0.29) is 5.82 Å². The molecule has 1 aliphatic rings. The standard InChI is InChI=1S/C11H13BrFNO/c1-15-11-9(7-2-3-14-6-7)4-8(12)5-10(11)13/h4-5,7,14H,2-3,6H2,1H3. The van der Waals surface area contributed by atoms with Crippen molar-refractivity contribution in [3.8, 4) is 5.75 Å². The molecule has 1 aromatic carbocycles. The van der Waals surface area contributed by atoms with Crippen LogP contribution < -0.4 is 10.1 Å². The second-order valence-electron chi connectivity index (χ2n) is 3.70. The molecule has 15 heavy (non-hydrogen) atoms. The summed E-state index contributed by atoms with van der Waals surface area (Å²) in [6, 6.07) is 3.38. The van der Waals surface area contributed by atoms with E-state index in [2.05, 4.69) is 21.2 Å². The van der Waals surface area contributed by atoms with E-state index in [9.17, 15) is 4.39 Å². The summed E-state index contributed by atoms with van der Waals surface area (Å²) >= 11 is 3.31. The van der Waals surface area contributed by atoms with E-state index in [1.54, 1.807) is 0 Å². The number of rotatable bonds is 2.